The van der Waals surface area contributed by atoms with E-state index in [0.717, 1.165) is 5.75 Å². The maximum Gasteiger partial charge on any atom is 0.0415 e. The summed E-state index contributed by atoms with van der Waals surface area (Å²) in [5.41, 5.74) is 1.37. The molecule has 0 amide bonds. The number of benzene rings is 1. The van der Waals surface area contributed by atoms with Crippen LogP contribution in [0.1, 0.15) is 25.5 Å². The standard InChI is InChI=1S/C15H20N2S/c1-11(2)18-10-15(16-3)14-6-4-5-12-9-17-8-7-13(12)14/h4-9,11,15-16H,10H2,1-3H3. The van der Waals surface area contributed by atoms with Crippen molar-refractivity contribution in [1.29, 1.82) is 0 Å². The Hall–Kier alpha value is -1.06. The van der Waals surface area contributed by atoms with Crippen molar-refractivity contribution in [2.24, 2.45) is 0 Å². The number of nitrogens with zero attached hydrogens (tertiary/aromatic N) is 1. The van der Waals surface area contributed by atoms with Gasteiger partial charge in [0.15, 0.2) is 0 Å². The molecule has 0 radical (unpaired) electrons. The second-order valence-corrected chi connectivity index (χ2v) is 6.28. The first kappa shape index (κ1) is 13.4. The van der Waals surface area contributed by atoms with Crippen molar-refractivity contribution < 1.29 is 0 Å². The molecule has 1 aromatic carbocycles. The maximum absolute atomic E-state index is 4.19. The Morgan fingerprint density at radius 1 is 1.28 bits per heavy atom. The van der Waals surface area contributed by atoms with Crippen LogP contribution in [0.4, 0.5) is 0 Å². The molecule has 0 aliphatic carbocycles. The predicted octanol–water partition coefficient (Wildman–Crippen LogP) is 3.64. The van der Waals surface area contributed by atoms with Crippen molar-refractivity contribution in [1.82, 2.24) is 10.3 Å². The Morgan fingerprint density at radius 3 is 2.83 bits per heavy atom. The summed E-state index contributed by atoms with van der Waals surface area (Å²) in [5.74, 6) is 1.09. The van der Waals surface area contributed by atoms with E-state index < -0.39 is 0 Å². The number of pyridine rings is 1. The van der Waals surface area contributed by atoms with Crippen LogP contribution in [0.5, 0.6) is 0 Å². The van der Waals surface area contributed by atoms with E-state index in [-0.39, 0.29) is 0 Å². The number of nitrogens with one attached hydrogen (secondary N) is 1. The van der Waals surface area contributed by atoms with Gasteiger partial charge < -0.3 is 5.32 Å². The van der Waals surface area contributed by atoms with E-state index in [2.05, 4.69) is 48.4 Å². The van der Waals surface area contributed by atoms with Gasteiger partial charge in [-0.2, -0.15) is 11.8 Å². The Labute approximate surface area is 113 Å². The first-order chi connectivity index (χ1) is 8.72. The summed E-state index contributed by atoms with van der Waals surface area (Å²) in [5, 5.41) is 6.60. The van der Waals surface area contributed by atoms with Gasteiger partial charge in [-0.15, -0.1) is 0 Å². The summed E-state index contributed by atoms with van der Waals surface area (Å²) >= 11 is 1.99. The van der Waals surface area contributed by atoms with Crippen LogP contribution in [0.3, 0.4) is 0 Å². The Balaban J connectivity index is 2.32. The molecule has 2 aromatic rings. The molecule has 0 spiro atoms. The molecular weight excluding hydrogens is 240 g/mol. The average Bonchev–Trinajstić information content (AvgIpc) is 2.39. The lowest BCUT2D eigenvalue weighted by Gasteiger charge is -2.19. The van der Waals surface area contributed by atoms with Gasteiger partial charge in [0.25, 0.3) is 0 Å². The normalized spacial score (nSPS) is 13.1. The molecule has 1 aromatic heterocycles. The van der Waals surface area contributed by atoms with Crippen molar-refractivity contribution in [3.63, 3.8) is 0 Å². The summed E-state index contributed by atoms with van der Waals surface area (Å²) in [7, 11) is 2.03. The topological polar surface area (TPSA) is 24.9 Å². The number of fused-ring (bicyclic) bond motifs is 1. The van der Waals surface area contributed by atoms with Crippen molar-refractivity contribution >= 4 is 22.5 Å². The fourth-order valence-electron chi connectivity index (χ4n) is 2.07. The molecule has 3 heteroatoms. The summed E-state index contributed by atoms with van der Waals surface area (Å²) in [6.45, 7) is 4.48. The zero-order valence-electron chi connectivity index (χ0n) is 11.2. The lowest BCUT2D eigenvalue weighted by atomic mass is 10.0. The monoisotopic (exact) mass is 260 g/mol. The lowest BCUT2D eigenvalue weighted by Crippen LogP contribution is -2.19. The summed E-state index contributed by atoms with van der Waals surface area (Å²) in [6, 6.07) is 8.95. The highest BCUT2D eigenvalue weighted by molar-refractivity contribution is 7.99. The Bertz CT molecular complexity index is 505. The number of thioether (sulfide) groups is 1. The first-order valence-corrected chi connectivity index (χ1v) is 7.38. The lowest BCUT2D eigenvalue weighted by molar-refractivity contribution is 0.666. The zero-order chi connectivity index (χ0) is 13.0. The minimum absolute atomic E-state index is 0.392. The van der Waals surface area contributed by atoms with Gasteiger partial charge >= 0.3 is 0 Å². The Morgan fingerprint density at radius 2 is 2.11 bits per heavy atom. The molecule has 1 unspecified atom stereocenters. The molecule has 18 heavy (non-hydrogen) atoms. The van der Waals surface area contributed by atoms with E-state index in [0.29, 0.717) is 11.3 Å². The van der Waals surface area contributed by atoms with Crippen molar-refractivity contribution in [2.45, 2.75) is 25.1 Å². The Kier molecular flexibility index (Phi) is 4.61. The van der Waals surface area contributed by atoms with E-state index in [1.807, 2.05) is 31.2 Å². The number of aromatic nitrogens is 1. The van der Waals surface area contributed by atoms with Gasteiger partial charge in [0, 0.05) is 29.6 Å². The molecule has 0 saturated carbocycles. The number of hydrogen-bond donors (Lipinski definition) is 1. The van der Waals surface area contributed by atoms with Crippen molar-refractivity contribution in [3.05, 3.63) is 42.2 Å². The molecule has 0 aliphatic rings. The van der Waals surface area contributed by atoms with E-state index >= 15 is 0 Å². The van der Waals surface area contributed by atoms with Gasteiger partial charge in [-0.3, -0.25) is 4.98 Å². The largest absolute Gasteiger partial charge is 0.312 e. The average molecular weight is 260 g/mol. The summed E-state index contributed by atoms with van der Waals surface area (Å²) in [4.78, 5) is 4.19. The fourth-order valence-corrected chi connectivity index (χ4v) is 2.99. The molecule has 1 heterocycles. The second kappa shape index (κ2) is 6.21. The SMILES string of the molecule is CNC(CSC(C)C)c1cccc2cnccc12. The van der Waals surface area contributed by atoms with E-state index in [9.17, 15) is 0 Å². The third kappa shape index (κ3) is 3.03. The molecule has 96 valence electrons. The van der Waals surface area contributed by atoms with E-state index in [1.54, 1.807) is 0 Å². The third-order valence-corrected chi connectivity index (χ3v) is 4.23. The maximum atomic E-state index is 4.19. The van der Waals surface area contributed by atoms with Crippen molar-refractivity contribution in [3.8, 4) is 0 Å². The third-order valence-electron chi connectivity index (χ3n) is 3.03. The molecule has 2 rings (SSSR count). The van der Waals surface area contributed by atoms with Gasteiger partial charge in [0.2, 0.25) is 0 Å². The van der Waals surface area contributed by atoms with Crippen LogP contribution < -0.4 is 5.32 Å². The van der Waals surface area contributed by atoms with Gasteiger partial charge in [0.1, 0.15) is 0 Å². The fraction of sp³-hybridized carbons (Fsp3) is 0.400. The van der Waals surface area contributed by atoms with Crippen molar-refractivity contribution in [2.75, 3.05) is 12.8 Å². The van der Waals surface area contributed by atoms with E-state index in [1.165, 1.54) is 16.3 Å². The highest BCUT2D eigenvalue weighted by atomic mass is 32.2. The van der Waals surface area contributed by atoms with Crippen LogP contribution >= 0.6 is 11.8 Å². The number of hydrogen-bond acceptors (Lipinski definition) is 3. The zero-order valence-corrected chi connectivity index (χ0v) is 12.0. The molecule has 1 atom stereocenters. The predicted molar refractivity (Wildman–Crippen MR) is 81.1 cm³/mol. The first-order valence-electron chi connectivity index (χ1n) is 6.34. The van der Waals surface area contributed by atoms with Crippen LogP contribution in [0.15, 0.2) is 36.7 Å². The van der Waals surface area contributed by atoms with Crippen LogP contribution in [-0.4, -0.2) is 23.0 Å². The quantitative estimate of drug-likeness (QED) is 0.888. The van der Waals surface area contributed by atoms with Crippen LogP contribution in [-0.2, 0) is 0 Å². The molecule has 0 saturated heterocycles. The van der Waals surface area contributed by atoms with Crippen LogP contribution in [0.25, 0.3) is 10.8 Å². The summed E-state index contributed by atoms with van der Waals surface area (Å²) < 4.78 is 0. The smallest absolute Gasteiger partial charge is 0.0415 e. The highest BCUT2D eigenvalue weighted by Gasteiger charge is 2.13. The van der Waals surface area contributed by atoms with Gasteiger partial charge in [-0.05, 0) is 29.3 Å². The molecule has 2 nitrogen and oxygen atoms in total. The summed E-state index contributed by atoms with van der Waals surface area (Å²) in [6.07, 6.45) is 3.80. The van der Waals surface area contributed by atoms with Gasteiger partial charge in [-0.25, -0.2) is 0 Å². The highest BCUT2D eigenvalue weighted by Crippen LogP contribution is 2.27. The molecule has 1 N–H and O–H groups in total. The molecule has 0 fully saturated rings. The minimum Gasteiger partial charge on any atom is -0.312 e. The van der Waals surface area contributed by atoms with Gasteiger partial charge in [0.05, 0.1) is 0 Å². The molecular formula is C15H20N2S. The number of rotatable bonds is 5. The van der Waals surface area contributed by atoms with E-state index in [4.69, 9.17) is 0 Å². The molecule has 0 aliphatic heterocycles. The van der Waals surface area contributed by atoms with Crippen LogP contribution in [0, 0.1) is 0 Å². The van der Waals surface area contributed by atoms with Gasteiger partial charge in [-0.1, -0.05) is 32.0 Å². The second-order valence-electron chi connectivity index (χ2n) is 4.67. The molecule has 0 bridgehead atoms. The van der Waals surface area contributed by atoms with Crippen LogP contribution in [0.2, 0.25) is 0 Å². The minimum atomic E-state index is 0.392.